The first-order valence-corrected chi connectivity index (χ1v) is 14.1. The van der Waals surface area contributed by atoms with Crippen molar-refractivity contribution in [1.82, 2.24) is 15.0 Å². The summed E-state index contributed by atoms with van der Waals surface area (Å²) in [5, 5.41) is 4.52. The topological polar surface area (TPSA) is 123 Å². The van der Waals surface area contributed by atoms with Gasteiger partial charge in [0.1, 0.15) is 10.7 Å². The minimum Gasteiger partial charge on any atom is -0.351 e. The number of nitrogens with two attached hydrogens (primary N) is 1. The van der Waals surface area contributed by atoms with E-state index in [1.165, 1.54) is 12.1 Å². The number of hydrogen-bond donors (Lipinski definition) is 3. The molecule has 1 aliphatic carbocycles. The quantitative estimate of drug-likeness (QED) is 0.299. The van der Waals surface area contributed by atoms with Gasteiger partial charge in [0.2, 0.25) is 5.95 Å². The monoisotopic (exact) mass is 536 g/mol. The maximum atomic E-state index is 12.8. The second-order valence-electron chi connectivity index (χ2n) is 9.54. The maximum Gasteiger partial charge on any atom is 0.264 e. The summed E-state index contributed by atoms with van der Waals surface area (Å²) in [4.78, 5) is 13.8. The lowest BCUT2D eigenvalue weighted by atomic mass is 9.92. The zero-order valence-corrected chi connectivity index (χ0v) is 22.3. The number of fused-ring (bicyclic) bond motifs is 1. The van der Waals surface area contributed by atoms with Gasteiger partial charge in [-0.2, -0.15) is 0 Å². The van der Waals surface area contributed by atoms with Gasteiger partial charge in [-0.25, -0.2) is 23.4 Å². The standard InChI is InChI=1S/C27H29ClN6O2S/c1-16-13-24-18(15-30-27(33-24)32-20-9-7-19(29)8-10-20)14-22(16)21-11-12-26(31-17(21)2)34-37(35,36)25-6-4-3-5-23(25)28/h3-6,11-15,19-20H,7-10,29H2,1-2H3,(H,31,34)(H,30,32,33). The smallest absolute Gasteiger partial charge is 0.264 e. The molecule has 2 aromatic carbocycles. The molecular weight excluding hydrogens is 508 g/mol. The van der Waals surface area contributed by atoms with E-state index in [4.69, 9.17) is 22.3 Å². The molecule has 37 heavy (non-hydrogen) atoms. The number of hydrogen-bond acceptors (Lipinski definition) is 7. The van der Waals surface area contributed by atoms with Crippen molar-refractivity contribution in [3.63, 3.8) is 0 Å². The number of sulfonamides is 1. The summed E-state index contributed by atoms with van der Waals surface area (Å²) in [6.07, 6.45) is 5.91. The largest absolute Gasteiger partial charge is 0.351 e. The van der Waals surface area contributed by atoms with Crippen LogP contribution in [-0.2, 0) is 10.0 Å². The number of nitrogens with one attached hydrogen (secondary N) is 2. The van der Waals surface area contributed by atoms with Crippen LogP contribution in [0.2, 0.25) is 5.02 Å². The Morgan fingerprint density at radius 3 is 2.46 bits per heavy atom. The Bertz CT molecular complexity index is 1570. The number of aromatic nitrogens is 3. The van der Waals surface area contributed by atoms with Crippen molar-refractivity contribution in [2.45, 2.75) is 56.5 Å². The Kier molecular flexibility index (Phi) is 7.02. The fourth-order valence-electron chi connectivity index (χ4n) is 4.75. The minimum absolute atomic E-state index is 0.00601. The Morgan fingerprint density at radius 2 is 1.73 bits per heavy atom. The van der Waals surface area contributed by atoms with Gasteiger partial charge in [0.25, 0.3) is 10.0 Å². The Labute approximate surface area is 221 Å². The van der Waals surface area contributed by atoms with Crippen LogP contribution < -0.4 is 15.8 Å². The molecule has 0 amide bonds. The molecule has 2 heterocycles. The number of pyridine rings is 1. The van der Waals surface area contributed by atoms with Crippen molar-refractivity contribution in [2.24, 2.45) is 5.73 Å². The highest BCUT2D eigenvalue weighted by Gasteiger charge is 2.20. The van der Waals surface area contributed by atoms with Crippen molar-refractivity contribution >= 4 is 44.3 Å². The number of nitrogens with zero attached hydrogens (tertiary/aromatic N) is 3. The summed E-state index contributed by atoms with van der Waals surface area (Å²) < 4.78 is 28.1. The molecule has 5 rings (SSSR count). The van der Waals surface area contributed by atoms with Crippen LogP contribution in [0.25, 0.3) is 22.0 Å². The molecule has 4 aromatic rings. The van der Waals surface area contributed by atoms with Gasteiger partial charge in [0.05, 0.1) is 10.5 Å². The summed E-state index contributed by atoms with van der Waals surface area (Å²) in [5.74, 6) is 0.857. The van der Waals surface area contributed by atoms with Crippen molar-refractivity contribution in [2.75, 3.05) is 10.0 Å². The maximum absolute atomic E-state index is 12.8. The van der Waals surface area contributed by atoms with E-state index in [2.05, 4.69) is 20.0 Å². The van der Waals surface area contributed by atoms with E-state index >= 15 is 0 Å². The summed E-state index contributed by atoms with van der Waals surface area (Å²) in [5.41, 5.74) is 10.5. The van der Waals surface area contributed by atoms with Crippen LogP contribution in [0.1, 0.15) is 36.9 Å². The highest BCUT2D eigenvalue weighted by atomic mass is 35.5. The number of rotatable bonds is 6. The van der Waals surface area contributed by atoms with E-state index in [0.717, 1.165) is 53.3 Å². The van der Waals surface area contributed by atoms with E-state index in [1.54, 1.807) is 18.2 Å². The zero-order valence-electron chi connectivity index (χ0n) is 20.7. The molecule has 0 aliphatic heterocycles. The average molecular weight is 537 g/mol. The average Bonchev–Trinajstić information content (AvgIpc) is 2.85. The van der Waals surface area contributed by atoms with Crippen molar-refractivity contribution in [3.8, 4) is 11.1 Å². The molecule has 10 heteroatoms. The van der Waals surface area contributed by atoms with Crippen LogP contribution in [0, 0.1) is 13.8 Å². The molecule has 0 saturated heterocycles. The van der Waals surface area contributed by atoms with Gasteiger partial charge in [-0.3, -0.25) is 4.72 Å². The molecule has 1 fully saturated rings. The van der Waals surface area contributed by atoms with Crippen LogP contribution in [0.3, 0.4) is 0 Å². The van der Waals surface area contributed by atoms with Gasteiger partial charge in [0, 0.05) is 34.9 Å². The zero-order chi connectivity index (χ0) is 26.2. The van der Waals surface area contributed by atoms with Crippen LogP contribution in [-0.4, -0.2) is 35.5 Å². The van der Waals surface area contributed by atoms with Gasteiger partial charge < -0.3 is 11.1 Å². The van der Waals surface area contributed by atoms with Gasteiger partial charge in [-0.05, 0) is 87.1 Å². The Balaban J connectivity index is 1.38. The van der Waals surface area contributed by atoms with E-state index < -0.39 is 10.0 Å². The fraction of sp³-hybridized carbons (Fsp3) is 0.296. The van der Waals surface area contributed by atoms with Crippen LogP contribution in [0.15, 0.2) is 59.6 Å². The molecule has 1 aliphatic rings. The molecule has 4 N–H and O–H groups in total. The van der Waals surface area contributed by atoms with Gasteiger partial charge in [-0.1, -0.05) is 23.7 Å². The second kappa shape index (κ2) is 10.2. The molecule has 192 valence electrons. The molecule has 0 radical (unpaired) electrons. The van der Waals surface area contributed by atoms with E-state index in [1.807, 2.05) is 38.2 Å². The number of aryl methyl sites for hydroxylation is 2. The SMILES string of the molecule is Cc1cc2nc(NC3CCC(N)CC3)ncc2cc1-c1ccc(NS(=O)(=O)c2ccccc2Cl)nc1C. The molecular formula is C27H29ClN6O2S. The summed E-state index contributed by atoms with van der Waals surface area (Å²) >= 11 is 6.08. The first-order chi connectivity index (χ1) is 17.7. The molecule has 0 bridgehead atoms. The van der Waals surface area contributed by atoms with E-state index in [-0.39, 0.29) is 15.7 Å². The molecule has 0 spiro atoms. The minimum atomic E-state index is -3.87. The number of benzene rings is 2. The molecule has 2 aromatic heterocycles. The molecule has 0 unspecified atom stereocenters. The van der Waals surface area contributed by atoms with Crippen LogP contribution in [0.5, 0.6) is 0 Å². The second-order valence-corrected chi connectivity index (χ2v) is 11.6. The van der Waals surface area contributed by atoms with Gasteiger partial charge in [-0.15, -0.1) is 0 Å². The highest BCUT2D eigenvalue weighted by molar-refractivity contribution is 7.92. The van der Waals surface area contributed by atoms with Crippen LogP contribution in [0.4, 0.5) is 11.8 Å². The third-order valence-corrected chi connectivity index (χ3v) is 8.63. The predicted molar refractivity (Wildman–Crippen MR) is 148 cm³/mol. The van der Waals surface area contributed by atoms with Gasteiger partial charge >= 0.3 is 0 Å². The summed E-state index contributed by atoms with van der Waals surface area (Å²) in [6, 6.07) is 14.6. The van der Waals surface area contributed by atoms with Crippen molar-refractivity contribution in [3.05, 3.63) is 71.0 Å². The lowest BCUT2D eigenvalue weighted by Gasteiger charge is -2.26. The third-order valence-electron chi connectivity index (χ3n) is 6.77. The molecule has 0 atom stereocenters. The normalized spacial score (nSPS) is 18.1. The Hall–Kier alpha value is -3.27. The van der Waals surface area contributed by atoms with Gasteiger partial charge in [0.15, 0.2) is 0 Å². The summed E-state index contributed by atoms with van der Waals surface area (Å²) in [6.45, 7) is 3.88. The third kappa shape index (κ3) is 5.53. The highest BCUT2D eigenvalue weighted by Crippen LogP contribution is 2.31. The lowest BCUT2D eigenvalue weighted by Crippen LogP contribution is -2.33. The predicted octanol–water partition coefficient (Wildman–Crippen LogP) is 5.44. The van der Waals surface area contributed by atoms with E-state index in [9.17, 15) is 8.42 Å². The first-order valence-electron chi connectivity index (χ1n) is 12.2. The fourth-order valence-corrected chi connectivity index (χ4v) is 6.27. The van der Waals surface area contributed by atoms with E-state index in [0.29, 0.717) is 23.7 Å². The molecule has 8 nitrogen and oxygen atoms in total. The van der Waals surface area contributed by atoms with Crippen molar-refractivity contribution in [1.29, 1.82) is 0 Å². The summed E-state index contributed by atoms with van der Waals surface area (Å²) in [7, 11) is -3.87. The Morgan fingerprint density at radius 1 is 0.973 bits per heavy atom. The lowest BCUT2D eigenvalue weighted by molar-refractivity contribution is 0.410. The molecule has 1 saturated carbocycles. The number of anilines is 2. The van der Waals surface area contributed by atoms with Crippen molar-refractivity contribution < 1.29 is 8.42 Å². The van der Waals surface area contributed by atoms with Crippen LogP contribution >= 0.6 is 11.6 Å². The number of halogens is 1. The first kappa shape index (κ1) is 25.4.